The summed E-state index contributed by atoms with van der Waals surface area (Å²) < 4.78 is 68.2. The van der Waals surface area contributed by atoms with E-state index in [9.17, 15) is 17.2 Å². The van der Waals surface area contributed by atoms with Gasteiger partial charge in [0.15, 0.2) is 0 Å². The summed E-state index contributed by atoms with van der Waals surface area (Å²) in [4.78, 5) is -0.233. The summed E-state index contributed by atoms with van der Waals surface area (Å²) in [7, 11) is 0.145. The van der Waals surface area contributed by atoms with Crippen molar-refractivity contribution in [3.63, 3.8) is 0 Å². The summed E-state index contributed by atoms with van der Waals surface area (Å²) in [5, 5.41) is 1.53. The molecule has 0 radical (unpaired) electrons. The van der Waals surface area contributed by atoms with Gasteiger partial charge in [0.05, 0.1) is 50.6 Å². The maximum atomic E-state index is 12.9. The van der Waals surface area contributed by atoms with Gasteiger partial charge in [-0.15, -0.1) is 0 Å². The van der Waals surface area contributed by atoms with E-state index in [1.165, 1.54) is 39.9 Å². The molecule has 0 saturated carbocycles. The van der Waals surface area contributed by atoms with Crippen LogP contribution in [0.25, 0.3) is 17.2 Å². The van der Waals surface area contributed by atoms with E-state index in [1.54, 1.807) is 48.5 Å². The Morgan fingerprint density at radius 3 is 2.03 bits per heavy atom. The highest BCUT2D eigenvalue weighted by Gasteiger charge is 2.20. The number of aryl methyl sites for hydroxylation is 1. The molecule has 0 aliphatic carbocycles. The predicted octanol–water partition coefficient (Wildman–Crippen LogP) is 4.86. The van der Waals surface area contributed by atoms with Gasteiger partial charge in [0.1, 0.15) is 27.9 Å². The molecule has 0 fully saturated rings. The highest BCUT2D eigenvalue weighted by molar-refractivity contribution is 7.87. The lowest BCUT2D eigenvalue weighted by Gasteiger charge is -2.14. The molecule has 0 saturated heterocycles. The van der Waals surface area contributed by atoms with Gasteiger partial charge in [-0.25, -0.2) is 0 Å². The fourth-order valence-electron chi connectivity index (χ4n) is 3.69. The Morgan fingerprint density at radius 1 is 0.833 bits per heavy atom. The lowest BCUT2D eigenvalue weighted by Crippen LogP contribution is -2.03. The quantitative estimate of drug-likeness (QED) is 0.369. The van der Waals surface area contributed by atoms with Gasteiger partial charge in [0.25, 0.3) is 10.1 Å². The Morgan fingerprint density at radius 2 is 1.47 bits per heavy atom. The second-order valence-corrected chi connectivity index (χ2v) is 10.5. The smallest absolute Gasteiger partial charge is 0.295 e. The first-order chi connectivity index (χ1) is 17.1. The van der Waals surface area contributed by atoms with E-state index >= 15 is 0 Å². The van der Waals surface area contributed by atoms with Crippen molar-refractivity contribution < 1.29 is 36.1 Å². The number of rotatable bonds is 10. The Kier molecular flexibility index (Phi) is 8.78. The Hall–Kier alpha value is -3.34. The van der Waals surface area contributed by atoms with Crippen LogP contribution in [0.1, 0.15) is 16.7 Å². The molecule has 0 aromatic heterocycles. The molecule has 8 nitrogen and oxygen atoms in total. The molecule has 36 heavy (non-hydrogen) atoms. The minimum atomic E-state index is -4.48. The average Bonchev–Trinajstić information content (AvgIpc) is 2.85. The maximum Gasteiger partial charge on any atom is 0.295 e. The monoisotopic (exact) mass is 532 g/mol. The summed E-state index contributed by atoms with van der Waals surface area (Å²) in [6.45, 7) is 1.81. The van der Waals surface area contributed by atoms with Crippen molar-refractivity contribution >= 4 is 27.0 Å². The first kappa shape index (κ1) is 27.3. The molecule has 0 aliphatic heterocycles. The molecular formula is C26H28O8S2. The lowest BCUT2D eigenvalue weighted by molar-refractivity contribution is 0.374. The largest absolute Gasteiger partial charge is 0.496 e. The molecule has 10 heteroatoms. The standard InChI is InChI=1S/C26H28O8S2/c1-17-6-9-26(36(28,29)30)22(12-17)21-13-18(7-8-23(21)32-3)16-35(27)11-10-20-24(33-4)14-19(31-2)15-25(20)34-5/h6-15H,16H2,1-5H3,(H,28,29,30). The number of ether oxygens (including phenoxy) is 4. The molecule has 3 aromatic carbocycles. The van der Waals surface area contributed by atoms with Gasteiger partial charge in [0.2, 0.25) is 0 Å². The van der Waals surface area contributed by atoms with Gasteiger partial charge in [0, 0.05) is 28.7 Å². The van der Waals surface area contributed by atoms with E-state index in [0.717, 1.165) is 5.56 Å². The molecule has 0 aliphatic rings. The van der Waals surface area contributed by atoms with Gasteiger partial charge < -0.3 is 18.9 Å². The lowest BCUT2D eigenvalue weighted by atomic mass is 10.0. The van der Waals surface area contributed by atoms with E-state index in [2.05, 4.69) is 0 Å². The first-order valence-corrected chi connectivity index (χ1v) is 13.5. The van der Waals surface area contributed by atoms with Gasteiger partial charge in [-0.05, 0) is 42.8 Å². The van der Waals surface area contributed by atoms with Crippen LogP contribution in [0.4, 0.5) is 0 Å². The summed E-state index contributed by atoms with van der Waals surface area (Å²) in [6, 6.07) is 13.2. The minimum Gasteiger partial charge on any atom is -0.496 e. The zero-order chi connectivity index (χ0) is 26.5. The summed E-state index contributed by atoms with van der Waals surface area (Å²) in [5.41, 5.74) is 2.86. The van der Waals surface area contributed by atoms with Crippen molar-refractivity contribution in [2.75, 3.05) is 28.4 Å². The molecule has 0 bridgehead atoms. The average molecular weight is 533 g/mol. The van der Waals surface area contributed by atoms with Crippen LogP contribution in [-0.4, -0.2) is 45.6 Å². The predicted molar refractivity (Wildman–Crippen MR) is 140 cm³/mol. The third-order valence-corrected chi connectivity index (χ3v) is 7.38. The van der Waals surface area contributed by atoms with Crippen LogP contribution < -0.4 is 18.9 Å². The molecular weight excluding hydrogens is 504 g/mol. The van der Waals surface area contributed by atoms with Crippen LogP contribution >= 0.6 is 0 Å². The molecule has 1 unspecified atom stereocenters. The Balaban J connectivity index is 1.96. The van der Waals surface area contributed by atoms with Gasteiger partial charge >= 0.3 is 0 Å². The highest BCUT2D eigenvalue weighted by Crippen LogP contribution is 2.37. The molecule has 1 atom stereocenters. The SMILES string of the molecule is COc1cc(OC)c(C=CS(=O)Cc2ccc(OC)c(-c3cc(C)ccc3S(=O)(=O)O)c2)c(OC)c1. The zero-order valence-corrected chi connectivity index (χ0v) is 22.2. The Bertz CT molecular complexity index is 1390. The molecule has 3 rings (SSSR count). The third-order valence-electron chi connectivity index (χ3n) is 5.42. The second kappa shape index (κ2) is 11.6. The second-order valence-electron chi connectivity index (χ2n) is 7.78. The molecule has 0 heterocycles. The molecule has 3 aromatic rings. The number of hydrogen-bond acceptors (Lipinski definition) is 7. The van der Waals surface area contributed by atoms with E-state index < -0.39 is 20.9 Å². The van der Waals surface area contributed by atoms with E-state index in [1.807, 2.05) is 6.92 Å². The highest BCUT2D eigenvalue weighted by atomic mass is 32.2. The van der Waals surface area contributed by atoms with Crippen LogP contribution in [0.3, 0.4) is 0 Å². The van der Waals surface area contributed by atoms with Gasteiger partial charge in [-0.3, -0.25) is 8.76 Å². The fraction of sp³-hybridized carbons (Fsp3) is 0.231. The van der Waals surface area contributed by atoms with Gasteiger partial charge in [-0.1, -0.05) is 17.7 Å². The Labute approximate surface area is 213 Å². The molecule has 192 valence electrons. The van der Waals surface area contributed by atoms with Crippen molar-refractivity contribution in [3.05, 3.63) is 70.6 Å². The van der Waals surface area contributed by atoms with Crippen molar-refractivity contribution in [2.45, 2.75) is 17.6 Å². The van der Waals surface area contributed by atoms with Crippen molar-refractivity contribution in [1.82, 2.24) is 0 Å². The van der Waals surface area contributed by atoms with Crippen molar-refractivity contribution in [3.8, 4) is 34.1 Å². The number of benzene rings is 3. The molecule has 1 N–H and O–H groups in total. The van der Waals surface area contributed by atoms with E-state index in [4.69, 9.17) is 18.9 Å². The normalized spacial score (nSPS) is 12.4. The maximum absolute atomic E-state index is 12.9. The van der Waals surface area contributed by atoms with E-state index in [-0.39, 0.29) is 10.6 Å². The third kappa shape index (κ3) is 6.26. The van der Waals surface area contributed by atoms with Crippen LogP contribution in [0.5, 0.6) is 23.0 Å². The van der Waals surface area contributed by atoms with Crippen molar-refractivity contribution in [1.29, 1.82) is 0 Å². The number of methoxy groups -OCH3 is 4. The fourth-order valence-corrected chi connectivity index (χ4v) is 5.27. The van der Waals surface area contributed by atoms with Crippen molar-refractivity contribution in [2.24, 2.45) is 0 Å². The summed E-state index contributed by atoms with van der Waals surface area (Å²) in [6.07, 6.45) is 1.66. The topological polar surface area (TPSA) is 108 Å². The molecule has 0 amide bonds. The van der Waals surface area contributed by atoms with Gasteiger partial charge in [-0.2, -0.15) is 8.42 Å². The van der Waals surface area contributed by atoms with Crippen LogP contribution in [0.2, 0.25) is 0 Å². The molecule has 0 spiro atoms. The van der Waals surface area contributed by atoms with Crippen LogP contribution in [0, 0.1) is 6.92 Å². The van der Waals surface area contributed by atoms with E-state index in [0.29, 0.717) is 45.3 Å². The van der Waals surface area contributed by atoms with Crippen LogP contribution in [0.15, 0.2) is 58.8 Å². The summed E-state index contributed by atoms with van der Waals surface area (Å²) >= 11 is 0. The summed E-state index contributed by atoms with van der Waals surface area (Å²) in [5.74, 6) is 2.14. The van der Waals surface area contributed by atoms with Crippen LogP contribution in [-0.2, 0) is 26.7 Å². The minimum absolute atomic E-state index is 0.154. The zero-order valence-electron chi connectivity index (χ0n) is 20.6. The number of hydrogen-bond donors (Lipinski definition) is 1. The first-order valence-electron chi connectivity index (χ1n) is 10.7.